The molecule has 0 amide bonds. The number of nitrogens with zero attached hydrogens (tertiary/aromatic N) is 4. The van der Waals surface area contributed by atoms with Gasteiger partial charge in [-0.15, -0.1) is 0 Å². The lowest BCUT2D eigenvalue weighted by atomic mass is 10.1. The molecule has 22 heavy (non-hydrogen) atoms. The van der Waals surface area contributed by atoms with Gasteiger partial charge >= 0.3 is 0 Å². The molecule has 0 unspecified atom stereocenters. The molecule has 0 saturated carbocycles. The molecular weight excluding hydrogens is 300 g/mol. The maximum atomic E-state index is 9.80. The lowest BCUT2D eigenvalue weighted by Crippen LogP contribution is -2.37. The van der Waals surface area contributed by atoms with Gasteiger partial charge in [-0.25, -0.2) is 9.97 Å². The summed E-state index contributed by atoms with van der Waals surface area (Å²) in [5, 5.41) is 10.5. The third-order valence-corrected chi connectivity index (χ3v) is 4.29. The molecule has 1 aliphatic heterocycles. The van der Waals surface area contributed by atoms with Crippen LogP contribution in [0.1, 0.15) is 12.1 Å². The molecule has 0 radical (unpaired) electrons. The highest BCUT2D eigenvalue weighted by Crippen LogP contribution is 2.27. The highest BCUT2D eigenvalue weighted by molar-refractivity contribution is 6.30. The minimum absolute atomic E-state index is 0.0808. The summed E-state index contributed by atoms with van der Waals surface area (Å²) in [5.74, 6) is 0.925. The summed E-state index contributed by atoms with van der Waals surface area (Å²) in [7, 11) is 0. The molecule has 3 aromatic rings. The van der Waals surface area contributed by atoms with Crippen molar-refractivity contribution in [2.45, 2.75) is 13.0 Å². The van der Waals surface area contributed by atoms with Gasteiger partial charge in [-0.3, -0.25) is 4.40 Å². The van der Waals surface area contributed by atoms with E-state index in [4.69, 9.17) is 11.6 Å². The average Bonchev–Trinajstić information content (AvgIpc) is 2.84. The number of aliphatic hydroxyl groups is 1. The van der Waals surface area contributed by atoms with Crippen molar-refractivity contribution in [3.63, 3.8) is 0 Å². The van der Waals surface area contributed by atoms with Crippen LogP contribution in [0.15, 0.2) is 36.7 Å². The minimum atomic E-state index is -0.0808. The van der Waals surface area contributed by atoms with Gasteiger partial charge in [0.05, 0.1) is 30.4 Å². The summed E-state index contributed by atoms with van der Waals surface area (Å²) in [6.45, 7) is 1.99. The van der Waals surface area contributed by atoms with Gasteiger partial charge < -0.3 is 10.0 Å². The van der Waals surface area contributed by atoms with E-state index in [0.29, 0.717) is 5.02 Å². The molecular formula is C16H15ClN4O. The number of halogens is 1. The van der Waals surface area contributed by atoms with Crippen molar-refractivity contribution in [2.24, 2.45) is 0 Å². The molecule has 2 aromatic heterocycles. The molecule has 1 fully saturated rings. The summed E-state index contributed by atoms with van der Waals surface area (Å²) in [6, 6.07) is 7.47. The van der Waals surface area contributed by atoms with Crippen molar-refractivity contribution in [3.8, 4) is 11.3 Å². The molecule has 6 heteroatoms. The number of anilines is 1. The lowest BCUT2D eigenvalue weighted by molar-refractivity contribution is 0.276. The third-order valence-electron chi connectivity index (χ3n) is 4.04. The number of hydrogen-bond acceptors (Lipinski definition) is 4. The van der Waals surface area contributed by atoms with Gasteiger partial charge in [0.25, 0.3) is 0 Å². The topological polar surface area (TPSA) is 53.7 Å². The quantitative estimate of drug-likeness (QED) is 0.807. The van der Waals surface area contributed by atoms with Crippen molar-refractivity contribution in [1.82, 2.24) is 14.4 Å². The van der Waals surface area contributed by atoms with Crippen LogP contribution >= 0.6 is 11.6 Å². The van der Waals surface area contributed by atoms with E-state index < -0.39 is 0 Å². The van der Waals surface area contributed by atoms with Crippen LogP contribution in [0.2, 0.25) is 5.02 Å². The molecule has 0 bridgehead atoms. The van der Waals surface area contributed by atoms with Crippen molar-refractivity contribution < 1.29 is 5.11 Å². The Bertz CT molecular complexity index is 824. The van der Waals surface area contributed by atoms with E-state index in [1.165, 1.54) is 6.42 Å². The van der Waals surface area contributed by atoms with Crippen LogP contribution in [0.4, 0.5) is 5.82 Å². The van der Waals surface area contributed by atoms with Crippen LogP contribution in [-0.2, 0) is 6.61 Å². The molecule has 4 rings (SSSR count). The second-order valence-electron chi connectivity index (χ2n) is 5.39. The fraction of sp³-hybridized carbons (Fsp3) is 0.250. The lowest BCUT2D eigenvalue weighted by Gasteiger charge is -2.31. The molecule has 1 saturated heterocycles. The number of rotatable bonds is 3. The van der Waals surface area contributed by atoms with Crippen LogP contribution in [0.25, 0.3) is 16.9 Å². The predicted molar refractivity (Wildman–Crippen MR) is 86.2 cm³/mol. The molecule has 0 aliphatic carbocycles. The van der Waals surface area contributed by atoms with Crippen molar-refractivity contribution in [2.75, 3.05) is 18.0 Å². The summed E-state index contributed by atoms with van der Waals surface area (Å²) in [5.41, 5.74) is 3.20. The van der Waals surface area contributed by atoms with Gasteiger partial charge in [-0.1, -0.05) is 23.7 Å². The first-order valence-electron chi connectivity index (χ1n) is 7.25. The maximum Gasteiger partial charge on any atom is 0.156 e. The predicted octanol–water partition coefficient (Wildman–Crippen LogP) is 2.75. The van der Waals surface area contributed by atoms with E-state index in [1.807, 2.05) is 34.9 Å². The number of aliphatic hydroxyl groups excluding tert-OH is 1. The van der Waals surface area contributed by atoms with Gasteiger partial charge in [0.2, 0.25) is 0 Å². The normalized spacial score (nSPS) is 14.4. The second kappa shape index (κ2) is 5.26. The molecule has 0 spiro atoms. The Labute approximate surface area is 132 Å². The molecule has 0 atom stereocenters. The number of hydrogen-bond donors (Lipinski definition) is 1. The molecule has 1 aliphatic rings. The van der Waals surface area contributed by atoms with Crippen LogP contribution in [0.3, 0.4) is 0 Å². The number of aromatic nitrogens is 3. The van der Waals surface area contributed by atoms with Gasteiger partial charge in [0.15, 0.2) is 5.65 Å². The van der Waals surface area contributed by atoms with E-state index >= 15 is 0 Å². The zero-order chi connectivity index (χ0) is 15.1. The van der Waals surface area contributed by atoms with Crippen LogP contribution in [-0.4, -0.2) is 32.6 Å². The third kappa shape index (κ3) is 2.14. The Morgan fingerprint density at radius 1 is 1.18 bits per heavy atom. The smallest absolute Gasteiger partial charge is 0.156 e. The number of imidazole rings is 1. The van der Waals surface area contributed by atoms with Crippen molar-refractivity contribution in [1.29, 1.82) is 0 Å². The van der Waals surface area contributed by atoms with E-state index in [9.17, 15) is 5.11 Å². The second-order valence-corrected chi connectivity index (χ2v) is 5.82. The molecule has 3 heterocycles. The van der Waals surface area contributed by atoms with Crippen LogP contribution in [0, 0.1) is 0 Å². The van der Waals surface area contributed by atoms with Gasteiger partial charge in [-0.05, 0) is 18.6 Å². The summed E-state index contributed by atoms with van der Waals surface area (Å²) >= 11 is 5.94. The van der Waals surface area contributed by atoms with Crippen LogP contribution < -0.4 is 4.90 Å². The zero-order valence-electron chi connectivity index (χ0n) is 11.9. The van der Waals surface area contributed by atoms with Gasteiger partial charge in [0, 0.05) is 23.7 Å². The van der Waals surface area contributed by atoms with Crippen LogP contribution in [0.5, 0.6) is 0 Å². The van der Waals surface area contributed by atoms with E-state index in [0.717, 1.165) is 41.5 Å². The summed E-state index contributed by atoms with van der Waals surface area (Å²) in [4.78, 5) is 11.3. The Morgan fingerprint density at radius 3 is 2.59 bits per heavy atom. The SMILES string of the molecule is OCc1c(-c2ccc(Cl)cc2)nc2cnc(N3CCC3)cn12. The fourth-order valence-electron chi connectivity index (χ4n) is 2.69. The largest absolute Gasteiger partial charge is 0.390 e. The summed E-state index contributed by atoms with van der Waals surface area (Å²) in [6.07, 6.45) is 4.91. The van der Waals surface area contributed by atoms with E-state index in [-0.39, 0.29) is 6.61 Å². The van der Waals surface area contributed by atoms with E-state index in [1.54, 1.807) is 6.20 Å². The Hall–Kier alpha value is -2.11. The number of benzene rings is 1. The van der Waals surface area contributed by atoms with Gasteiger partial charge in [0.1, 0.15) is 5.82 Å². The maximum absolute atomic E-state index is 9.80. The standard InChI is InChI=1S/C16H15ClN4O/c17-12-4-2-11(3-5-12)16-13(10-22)21-9-15(20-6-1-7-20)18-8-14(21)19-16/h2-5,8-9,22H,1,6-7,10H2. The van der Waals surface area contributed by atoms with Gasteiger partial charge in [-0.2, -0.15) is 0 Å². The first kappa shape index (κ1) is 13.5. The average molecular weight is 315 g/mol. The highest BCUT2D eigenvalue weighted by Gasteiger charge is 2.19. The zero-order valence-corrected chi connectivity index (χ0v) is 12.7. The Morgan fingerprint density at radius 2 is 1.95 bits per heavy atom. The molecule has 5 nitrogen and oxygen atoms in total. The first-order chi connectivity index (χ1) is 10.8. The highest BCUT2D eigenvalue weighted by atomic mass is 35.5. The number of fused-ring (bicyclic) bond motifs is 1. The Kier molecular flexibility index (Phi) is 3.24. The van der Waals surface area contributed by atoms with Crippen molar-refractivity contribution >= 4 is 23.1 Å². The summed E-state index contributed by atoms with van der Waals surface area (Å²) < 4.78 is 1.92. The van der Waals surface area contributed by atoms with E-state index in [2.05, 4.69) is 14.9 Å². The molecule has 1 aromatic carbocycles. The monoisotopic (exact) mass is 314 g/mol. The first-order valence-corrected chi connectivity index (χ1v) is 7.63. The molecule has 1 N–H and O–H groups in total. The minimum Gasteiger partial charge on any atom is -0.390 e. The Balaban J connectivity index is 1.86. The van der Waals surface area contributed by atoms with Crippen molar-refractivity contribution in [3.05, 3.63) is 47.4 Å². The fourth-order valence-corrected chi connectivity index (χ4v) is 2.82. The molecule has 112 valence electrons.